The summed E-state index contributed by atoms with van der Waals surface area (Å²) in [4.78, 5) is 15.1. The van der Waals surface area contributed by atoms with Crippen LogP contribution < -0.4 is 0 Å². The molecule has 1 aromatic rings. The van der Waals surface area contributed by atoms with Gasteiger partial charge in [0.25, 0.3) is 0 Å². The second-order valence-electron chi connectivity index (χ2n) is 5.99. The fourth-order valence-electron chi connectivity index (χ4n) is 2.88. The van der Waals surface area contributed by atoms with Gasteiger partial charge in [-0.25, -0.2) is 0 Å². The van der Waals surface area contributed by atoms with Crippen molar-refractivity contribution in [1.29, 1.82) is 0 Å². The minimum Gasteiger partial charge on any atom is -0.292 e. The fraction of sp³-hybridized carbons (Fsp3) is 0.588. The van der Waals surface area contributed by atoms with Crippen molar-refractivity contribution in [3.05, 3.63) is 35.4 Å². The number of Topliss-reactive ketones (excluding diaryl/α,β-unsaturated/α-hetero) is 1. The summed E-state index contributed by atoms with van der Waals surface area (Å²) in [5.74, 6) is 0.254. The Morgan fingerprint density at radius 2 is 1.89 bits per heavy atom. The number of piperidine rings is 1. The highest BCUT2D eigenvalue weighted by molar-refractivity contribution is 6.02. The highest BCUT2D eigenvalue weighted by atomic mass is 16.1. The number of rotatable bonds is 4. The lowest BCUT2D eigenvalue weighted by Gasteiger charge is -2.39. The maximum absolute atomic E-state index is 12.8. The van der Waals surface area contributed by atoms with Crippen molar-refractivity contribution in [3.8, 4) is 0 Å². The van der Waals surface area contributed by atoms with Gasteiger partial charge in [0.05, 0.1) is 5.54 Å². The zero-order valence-corrected chi connectivity index (χ0v) is 12.4. The lowest BCUT2D eigenvalue weighted by atomic mass is 9.89. The number of hydrogen-bond acceptors (Lipinski definition) is 2. The zero-order valence-electron chi connectivity index (χ0n) is 12.4. The van der Waals surface area contributed by atoms with Crippen LogP contribution in [-0.4, -0.2) is 29.3 Å². The Balaban J connectivity index is 2.20. The van der Waals surface area contributed by atoms with Crippen molar-refractivity contribution < 1.29 is 4.79 Å². The van der Waals surface area contributed by atoms with E-state index in [1.165, 1.54) is 24.8 Å². The van der Waals surface area contributed by atoms with Crippen molar-refractivity contribution in [2.75, 3.05) is 13.1 Å². The molecule has 0 bridgehead atoms. The molecular formula is C17H25NO. The van der Waals surface area contributed by atoms with Crippen LogP contribution in [-0.2, 0) is 6.42 Å². The van der Waals surface area contributed by atoms with Gasteiger partial charge in [-0.05, 0) is 57.8 Å². The molecule has 1 aliphatic rings. The van der Waals surface area contributed by atoms with Crippen molar-refractivity contribution >= 4 is 5.78 Å². The third kappa shape index (κ3) is 3.06. The molecule has 2 heteroatoms. The van der Waals surface area contributed by atoms with Gasteiger partial charge in [0, 0.05) is 5.56 Å². The second kappa shape index (κ2) is 5.87. The average molecular weight is 259 g/mol. The molecule has 0 unspecified atom stereocenters. The molecule has 2 rings (SSSR count). The minimum absolute atomic E-state index is 0.254. The molecule has 1 saturated heterocycles. The fourth-order valence-corrected chi connectivity index (χ4v) is 2.88. The Morgan fingerprint density at radius 3 is 2.53 bits per heavy atom. The molecule has 0 aromatic heterocycles. The molecule has 1 heterocycles. The van der Waals surface area contributed by atoms with Crippen LogP contribution in [0.3, 0.4) is 0 Å². The van der Waals surface area contributed by atoms with Crippen molar-refractivity contribution in [2.24, 2.45) is 0 Å². The second-order valence-corrected chi connectivity index (χ2v) is 5.99. The van der Waals surface area contributed by atoms with E-state index in [2.05, 4.69) is 31.7 Å². The molecule has 0 aliphatic carbocycles. The summed E-state index contributed by atoms with van der Waals surface area (Å²) < 4.78 is 0. The normalized spacial score (nSPS) is 17.4. The van der Waals surface area contributed by atoms with Crippen LogP contribution in [0.4, 0.5) is 0 Å². The van der Waals surface area contributed by atoms with E-state index in [1.807, 2.05) is 18.2 Å². The van der Waals surface area contributed by atoms with Gasteiger partial charge in [-0.3, -0.25) is 9.69 Å². The lowest BCUT2D eigenvalue weighted by Crippen LogP contribution is -2.52. The van der Waals surface area contributed by atoms with Gasteiger partial charge in [-0.1, -0.05) is 31.5 Å². The lowest BCUT2D eigenvalue weighted by molar-refractivity contribution is 0.0579. The van der Waals surface area contributed by atoms with E-state index in [9.17, 15) is 4.79 Å². The van der Waals surface area contributed by atoms with Gasteiger partial charge < -0.3 is 0 Å². The highest BCUT2D eigenvalue weighted by Gasteiger charge is 2.35. The molecule has 19 heavy (non-hydrogen) atoms. The molecule has 104 valence electrons. The Bertz CT molecular complexity index is 444. The molecule has 1 fully saturated rings. The molecule has 2 nitrogen and oxygen atoms in total. The number of aryl methyl sites for hydroxylation is 1. The molecule has 0 atom stereocenters. The van der Waals surface area contributed by atoms with Crippen molar-refractivity contribution in [3.63, 3.8) is 0 Å². The van der Waals surface area contributed by atoms with E-state index < -0.39 is 0 Å². The van der Waals surface area contributed by atoms with Crippen molar-refractivity contribution in [1.82, 2.24) is 4.90 Å². The van der Waals surface area contributed by atoms with E-state index >= 15 is 0 Å². The van der Waals surface area contributed by atoms with Crippen LogP contribution in [0.5, 0.6) is 0 Å². The zero-order chi connectivity index (χ0) is 13.9. The first-order chi connectivity index (χ1) is 9.05. The third-order valence-corrected chi connectivity index (χ3v) is 4.30. The summed E-state index contributed by atoms with van der Waals surface area (Å²) in [7, 11) is 0. The summed E-state index contributed by atoms with van der Waals surface area (Å²) in [6.07, 6.45) is 4.70. The van der Waals surface area contributed by atoms with E-state index in [0.717, 1.165) is 25.1 Å². The quantitative estimate of drug-likeness (QED) is 0.768. The first-order valence-electron chi connectivity index (χ1n) is 7.44. The number of carbonyl (C=O) groups is 1. The monoisotopic (exact) mass is 259 g/mol. The van der Waals surface area contributed by atoms with E-state index in [1.54, 1.807) is 0 Å². The Labute approximate surface area is 116 Å². The topological polar surface area (TPSA) is 20.3 Å². The summed E-state index contributed by atoms with van der Waals surface area (Å²) in [5, 5.41) is 0. The van der Waals surface area contributed by atoms with Crippen LogP contribution >= 0.6 is 0 Å². The maximum atomic E-state index is 12.8. The number of hydrogen-bond donors (Lipinski definition) is 0. The number of benzene rings is 1. The Hall–Kier alpha value is -1.15. The standard InChI is InChI=1S/C17H25NO/c1-4-14-9-8-10-15(13-14)16(19)17(2,3)18-11-6-5-7-12-18/h8-10,13H,4-7,11-12H2,1-3H3. The number of ketones is 1. The first-order valence-corrected chi connectivity index (χ1v) is 7.44. The summed E-state index contributed by atoms with van der Waals surface area (Å²) in [6.45, 7) is 8.36. The van der Waals surface area contributed by atoms with Gasteiger partial charge in [0.2, 0.25) is 0 Å². The summed E-state index contributed by atoms with van der Waals surface area (Å²) in [6, 6.07) is 8.09. The third-order valence-electron chi connectivity index (χ3n) is 4.30. The first kappa shape index (κ1) is 14.3. The largest absolute Gasteiger partial charge is 0.292 e. The molecule has 0 spiro atoms. The molecule has 0 amide bonds. The number of nitrogens with zero attached hydrogens (tertiary/aromatic N) is 1. The molecule has 1 aliphatic heterocycles. The SMILES string of the molecule is CCc1cccc(C(=O)C(C)(C)N2CCCCC2)c1. The Kier molecular flexibility index (Phi) is 4.41. The molecule has 0 N–H and O–H groups in total. The van der Waals surface area contributed by atoms with Crippen molar-refractivity contribution in [2.45, 2.75) is 52.0 Å². The van der Waals surface area contributed by atoms with Gasteiger partial charge in [-0.15, -0.1) is 0 Å². The maximum Gasteiger partial charge on any atom is 0.182 e. The van der Waals surface area contributed by atoms with E-state index in [0.29, 0.717) is 0 Å². The Morgan fingerprint density at radius 1 is 1.21 bits per heavy atom. The van der Waals surface area contributed by atoms with Crippen LogP contribution in [0, 0.1) is 0 Å². The summed E-state index contributed by atoms with van der Waals surface area (Å²) in [5.41, 5.74) is 1.71. The average Bonchev–Trinajstić information content (AvgIpc) is 2.47. The van der Waals surface area contributed by atoms with Crippen LogP contribution in [0.25, 0.3) is 0 Å². The number of carbonyl (C=O) groups excluding carboxylic acids is 1. The predicted octanol–water partition coefficient (Wildman–Crippen LogP) is 3.70. The van der Waals surface area contributed by atoms with Gasteiger partial charge >= 0.3 is 0 Å². The minimum atomic E-state index is -0.382. The van der Waals surface area contributed by atoms with Gasteiger partial charge in [-0.2, -0.15) is 0 Å². The highest BCUT2D eigenvalue weighted by Crippen LogP contribution is 2.25. The molecule has 0 saturated carbocycles. The molecular weight excluding hydrogens is 234 g/mol. The van der Waals surface area contributed by atoms with Gasteiger partial charge in [0.1, 0.15) is 0 Å². The number of likely N-dealkylation sites (tertiary alicyclic amines) is 1. The predicted molar refractivity (Wildman–Crippen MR) is 79.7 cm³/mol. The summed E-state index contributed by atoms with van der Waals surface area (Å²) >= 11 is 0. The van der Waals surface area contributed by atoms with Gasteiger partial charge in [0.15, 0.2) is 5.78 Å². The van der Waals surface area contributed by atoms with E-state index in [-0.39, 0.29) is 11.3 Å². The van der Waals surface area contributed by atoms with E-state index in [4.69, 9.17) is 0 Å². The molecule has 1 aromatic carbocycles. The van der Waals surface area contributed by atoms with Crippen LogP contribution in [0.2, 0.25) is 0 Å². The smallest absolute Gasteiger partial charge is 0.182 e. The molecule has 0 radical (unpaired) electrons. The van der Waals surface area contributed by atoms with Crippen LogP contribution in [0.15, 0.2) is 24.3 Å². The van der Waals surface area contributed by atoms with Crippen LogP contribution in [0.1, 0.15) is 56.0 Å².